The van der Waals surface area contributed by atoms with Gasteiger partial charge >= 0.3 is 5.97 Å². The van der Waals surface area contributed by atoms with Gasteiger partial charge in [0.2, 0.25) is 0 Å². The highest BCUT2D eigenvalue weighted by molar-refractivity contribution is 5.92. The number of allylic oxidation sites excluding steroid dienone is 1. The van der Waals surface area contributed by atoms with Crippen molar-refractivity contribution in [2.24, 2.45) is 0 Å². The third kappa shape index (κ3) is 8.97. The highest BCUT2D eigenvalue weighted by Gasteiger charge is 2.33. The first-order chi connectivity index (χ1) is 24.7. The third-order valence-electron chi connectivity index (χ3n) is 9.11. The van der Waals surface area contributed by atoms with E-state index in [1.807, 2.05) is 60.7 Å². The van der Waals surface area contributed by atoms with Crippen LogP contribution < -0.4 is 5.32 Å². The Morgan fingerprint density at radius 1 is 0.961 bits per heavy atom. The number of carboxylic acid groups (broad SMARTS) is 1. The maximum atomic E-state index is 13.8. The molecule has 0 aliphatic heterocycles. The lowest BCUT2D eigenvalue weighted by Crippen LogP contribution is -2.17. The van der Waals surface area contributed by atoms with Crippen LogP contribution in [0.4, 0.5) is 14.6 Å². The van der Waals surface area contributed by atoms with Gasteiger partial charge in [0.25, 0.3) is 5.92 Å². The average molecular weight is 698 g/mol. The number of rotatable bonds is 16. The Kier molecular flexibility index (Phi) is 11.4. The predicted octanol–water partition coefficient (Wildman–Crippen LogP) is 9.66. The fourth-order valence-corrected chi connectivity index (χ4v) is 6.14. The van der Waals surface area contributed by atoms with Gasteiger partial charge in [-0.05, 0) is 36.5 Å². The molecule has 0 bridgehead atoms. The number of nitrogens with one attached hydrogen (secondary N) is 1. The van der Waals surface area contributed by atoms with Crippen LogP contribution in [-0.2, 0) is 5.92 Å². The zero-order chi connectivity index (χ0) is 35.8. The lowest BCUT2D eigenvalue weighted by atomic mass is 10.1. The Bertz CT molecular complexity index is 1920. The molecule has 0 radical (unpaired) electrons. The molecule has 1 atom stereocenters. The number of fused-ring (bicyclic) bond motifs is 1. The van der Waals surface area contributed by atoms with Gasteiger partial charge in [0.1, 0.15) is 6.04 Å². The van der Waals surface area contributed by atoms with E-state index in [2.05, 4.69) is 32.5 Å². The Balaban J connectivity index is 0.000000219. The molecule has 0 amide bonds. The second-order valence-corrected chi connectivity index (χ2v) is 13.3. The van der Waals surface area contributed by atoms with Crippen molar-refractivity contribution in [1.82, 2.24) is 29.8 Å². The molecule has 2 aliphatic rings. The molecule has 3 heterocycles. The van der Waals surface area contributed by atoms with Crippen LogP contribution in [-0.4, -0.2) is 47.4 Å². The first-order valence-electron chi connectivity index (χ1n) is 17.9. The van der Waals surface area contributed by atoms with Crippen LogP contribution in [0.5, 0.6) is 0 Å². The van der Waals surface area contributed by atoms with Crippen LogP contribution in [0.2, 0.25) is 0 Å². The van der Waals surface area contributed by atoms with Crippen molar-refractivity contribution in [1.29, 1.82) is 0 Å². The standard InChI is InChI=1S/C26H34F2N6.C13H11NO3/c1-3-4-5-6-7-8-9-12-15-29-24-18-31-34(32-24)25-22-14-11-10-13-20(22)16-23(25)33-19-21(17-30-33)26(2,27)28;15-13(16)10-11(8-4-2-1-3-5-8)17-12(14-10)9-6-7-9/h10-11,13-14,16-19,25H,3-9,12,15H2,1-2H3,(H,29,32);1-5,9H,6-7H2,(H,15,16). The van der Waals surface area contributed by atoms with E-state index in [4.69, 9.17) is 9.52 Å². The molecular formula is C39H45F2N7O3. The number of hydrogen-bond acceptors (Lipinski definition) is 7. The van der Waals surface area contributed by atoms with Gasteiger partial charge in [0.05, 0.1) is 23.7 Å². The summed E-state index contributed by atoms with van der Waals surface area (Å²) in [4.78, 5) is 16.8. The number of carboxylic acids is 1. The van der Waals surface area contributed by atoms with Crippen LogP contribution in [0.1, 0.15) is 123 Å². The molecule has 12 heteroatoms. The fourth-order valence-electron chi connectivity index (χ4n) is 6.14. The van der Waals surface area contributed by atoms with Gasteiger partial charge in [-0.1, -0.05) is 106 Å². The Morgan fingerprint density at radius 3 is 2.35 bits per heavy atom. The summed E-state index contributed by atoms with van der Waals surface area (Å²) < 4.78 is 34.7. The minimum absolute atomic E-state index is 0.0121. The van der Waals surface area contributed by atoms with Crippen molar-refractivity contribution in [3.8, 4) is 11.3 Å². The van der Waals surface area contributed by atoms with E-state index in [0.717, 1.165) is 55.1 Å². The molecule has 3 aromatic heterocycles. The number of hydrogen-bond donors (Lipinski definition) is 2. The monoisotopic (exact) mass is 697 g/mol. The minimum Gasteiger partial charge on any atom is -0.476 e. The quantitative estimate of drug-likeness (QED) is 0.0977. The number of anilines is 1. The molecule has 2 aliphatic carbocycles. The molecule has 0 spiro atoms. The van der Waals surface area contributed by atoms with Gasteiger partial charge in [-0.2, -0.15) is 15.0 Å². The minimum atomic E-state index is -2.95. The van der Waals surface area contributed by atoms with Gasteiger partial charge in [-0.25, -0.2) is 23.2 Å². The molecular weight excluding hydrogens is 652 g/mol. The summed E-state index contributed by atoms with van der Waals surface area (Å²) in [5, 5.41) is 25.9. The summed E-state index contributed by atoms with van der Waals surface area (Å²) in [5.74, 6) is -2.05. The maximum absolute atomic E-state index is 13.8. The van der Waals surface area contributed by atoms with Crippen LogP contribution in [0, 0.1) is 0 Å². The summed E-state index contributed by atoms with van der Waals surface area (Å²) in [6.07, 6.45) is 18.5. The predicted molar refractivity (Wildman–Crippen MR) is 193 cm³/mol. The molecule has 7 rings (SSSR count). The van der Waals surface area contributed by atoms with Crippen LogP contribution in [0.3, 0.4) is 0 Å². The average Bonchev–Trinajstić information content (AvgIpc) is 3.50. The van der Waals surface area contributed by atoms with Crippen LogP contribution in [0.15, 0.2) is 77.6 Å². The lowest BCUT2D eigenvalue weighted by Gasteiger charge is -2.16. The highest BCUT2D eigenvalue weighted by Crippen LogP contribution is 2.42. The van der Waals surface area contributed by atoms with Gasteiger partial charge < -0.3 is 14.8 Å². The van der Waals surface area contributed by atoms with Crippen molar-refractivity contribution < 1.29 is 23.1 Å². The number of carbonyl (C=O) groups is 1. The number of unbranched alkanes of at least 4 members (excludes halogenated alkanes) is 7. The molecule has 1 saturated carbocycles. The van der Waals surface area contributed by atoms with Crippen molar-refractivity contribution in [3.63, 3.8) is 0 Å². The zero-order valence-corrected chi connectivity index (χ0v) is 29.1. The van der Waals surface area contributed by atoms with E-state index >= 15 is 0 Å². The fraction of sp³-hybridized carbons (Fsp3) is 0.410. The number of benzene rings is 2. The third-order valence-corrected chi connectivity index (χ3v) is 9.11. The first-order valence-corrected chi connectivity index (χ1v) is 17.9. The maximum Gasteiger partial charge on any atom is 0.358 e. The second-order valence-electron chi connectivity index (χ2n) is 13.3. The Hall–Kier alpha value is -5.13. The molecule has 2 aromatic carbocycles. The van der Waals surface area contributed by atoms with Crippen molar-refractivity contribution in [2.75, 3.05) is 11.9 Å². The summed E-state index contributed by atoms with van der Waals surface area (Å²) in [5.41, 5.74) is 3.41. The smallest absolute Gasteiger partial charge is 0.358 e. The number of nitrogens with zero attached hydrogens (tertiary/aromatic N) is 6. The molecule has 1 fully saturated rings. The number of aromatic nitrogens is 6. The molecule has 2 N–H and O–H groups in total. The Morgan fingerprint density at radius 2 is 1.67 bits per heavy atom. The summed E-state index contributed by atoms with van der Waals surface area (Å²) in [6.45, 7) is 3.97. The van der Waals surface area contributed by atoms with Gasteiger partial charge in [0, 0.05) is 31.1 Å². The molecule has 5 aromatic rings. The molecule has 1 unspecified atom stereocenters. The number of alkyl halides is 2. The summed E-state index contributed by atoms with van der Waals surface area (Å²) in [6, 6.07) is 16.8. The number of halogens is 2. The molecule has 0 saturated heterocycles. The van der Waals surface area contributed by atoms with E-state index < -0.39 is 11.9 Å². The molecule has 268 valence electrons. The van der Waals surface area contributed by atoms with E-state index in [0.29, 0.717) is 23.4 Å². The van der Waals surface area contributed by atoms with Crippen LogP contribution in [0.25, 0.3) is 23.1 Å². The highest BCUT2D eigenvalue weighted by atomic mass is 19.3. The summed E-state index contributed by atoms with van der Waals surface area (Å²) in [7, 11) is 0. The van der Waals surface area contributed by atoms with E-state index in [-0.39, 0.29) is 17.3 Å². The second kappa shape index (κ2) is 16.3. The van der Waals surface area contributed by atoms with Crippen molar-refractivity contribution in [3.05, 3.63) is 101 Å². The summed E-state index contributed by atoms with van der Waals surface area (Å²) >= 11 is 0. The first kappa shape index (κ1) is 35.7. The van der Waals surface area contributed by atoms with Gasteiger partial charge in [0.15, 0.2) is 23.2 Å². The van der Waals surface area contributed by atoms with Crippen molar-refractivity contribution in [2.45, 2.75) is 95.9 Å². The van der Waals surface area contributed by atoms with E-state index in [1.54, 1.807) is 11.0 Å². The SMILES string of the molecule is CCCCCCCCCCNc1cnn(C2C(n3cc(C(C)(F)F)cn3)=Cc3ccccc32)n1.O=C(O)c1nc(C2CC2)oc1-c1ccccc1. The number of aromatic carboxylic acids is 1. The Labute approximate surface area is 296 Å². The van der Waals surface area contributed by atoms with Crippen molar-refractivity contribution >= 4 is 23.6 Å². The number of oxazole rings is 1. The van der Waals surface area contributed by atoms with Gasteiger partial charge in [-0.3, -0.25) is 0 Å². The van der Waals surface area contributed by atoms with E-state index in [1.165, 1.54) is 62.0 Å². The normalized spacial score (nSPS) is 15.2. The van der Waals surface area contributed by atoms with Crippen LogP contribution >= 0.6 is 0 Å². The molecule has 51 heavy (non-hydrogen) atoms. The van der Waals surface area contributed by atoms with Gasteiger partial charge in [-0.15, -0.1) is 5.10 Å². The molecule has 10 nitrogen and oxygen atoms in total. The largest absolute Gasteiger partial charge is 0.476 e. The lowest BCUT2D eigenvalue weighted by molar-refractivity contribution is 0.0174. The zero-order valence-electron chi connectivity index (χ0n) is 29.1. The topological polar surface area (TPSA) is 124 Å². The van der Waals surface area contributed by atoms with E-state index in [9.17, 15) is 13.6 Å².